The molecule has 0 heterocycles. The Balaban J connectivity index is 4.42. The van der Waals surface area contributed by atoms with Crippen molar-refractivity contribution in [2.24, 2.45) is 27.1 Å². The van der Waals surface area contributed by atoms with Crippen LogP contribution in [0.15, 0.2) is 9.98 Å². The zero-order chi connectivity index (χ0) is 11.2. The molecule has 0 spiro atoms. The number of rotatable bonds is 4. The summed E-state index contributed by atoms with van der Waals surface area (Å²) in [6.45, 7) is 9.71. The predicted octanol–water partition coefficient (Wildman–Crippen LogP) is 1.58. The summed E-state index contributed by atoms with van der Waals surface area (Å²) >= 11 is 0. The molecule has 0 rings (SSSR count). The summed E-state index contributed by atoms with van der Waals surface area (Å²) < 4.78 is 0. The highest BCUT2D eigenvalue weighted by molar-refractivity contribution is 5.82. The summed E-state index contributed by atoms with van der Waals surface area (Å²) in [6.07, 6.45) is 0.807. The standard InChI is InChI=1S/C10H18N4/c1-5-10(3,7-11)8(2)6-14-9(12)13-4/h8H,4-6H2,1-3H3,(H2,12,14). The van der Waals surface area contributed by atoms with Gasteiger partial charge in [-0.3, -0.25) is 4.99 Å². The SMILES string of the molecule is C=NC(N)=NCC(C)C(C)(C#N)CC. The van der Waals surface area contributed by atoms with Crippen LogP contribution in [0.1, 0.15) is 27.2 Å². The fraction of sp³-hybridized carbons (Fsp3) is 0.700. The van der Waals surface area contributed by atoms with Gasteiger partial charge in [0.05, 0.1) is 11.5 Å². The topological polar surface area (TPSA) is 74.5 Å². The Labute approximate surface area is 85.5 Å². The second kappa shape index (κ2) is 5.38. The maximum atomic E-state index is 9.01. The molecule has 2 N–H and O–H groups in total. The Hall–Kier alpha value is -1.37. The van der Waals surface area contributed by atoms with Crippen LogP contribution in [0, 0.1) is 22.7 Å². The Morgan fingerprint density at radius 1 is 1.71 bits per heavy atom. The van der Waals surface area contributed by atoms with E-state index >= 15 is 0 Å². The number of guanidine groups is 1. The highest BCUT2D eigenvalue weighted by Crippen LogP contribution is 2.30. The van der Waals surface area contributed by atoms with Crippen LogP contribution in [0.4, 0.5) is 0 Å². The molecule has 0 aromatic heterocycles. The van der Waals surface area contributed by atoms with Crippen molar-refractivity contribution in [1.82, 2.24) is 0 Å². The first-order valence-corrected chi connectivity index (χ1v) is 4.68. The molecular weight excluding hydrogens is 176 g/mol. The lowest BCUT2D eigenvalue weighted by molar-refractivity contribution is 0.284. The van der Waals surface area contributed by atoms with E-state index in [9.17, 15) is 0 Å². The second-order valence-electron chi connectivity index (χ2n) is 3.64. The molecule has 2 atom stereocenters. The summed E-state index contributed by atoms with van der Waals surface area (Å²) in [5.74, 6) is 0.353. The summed E-state index contributed by atoms with van der Waals surface area (Å²) in [5.41, 5.74) is 5.04. The molecule has 0 aromatic rings. The molecule has 14 heavy (non-hydrogen) atoms. The molecule has 0 aliphatic rings. The lowest BCUT2D eigenvalue weighted by Crippen LogP contribution is -2.25. The van der Waals surface area contributed by atoms with Crippen LogP contribution >= 0.6 is 0 Å². The normalized spacial score (nSPS) is 18.0. The number of nitriles is 1. The van der Waals surface area contributed by atoms with Gasteiger partial charge in [0.15, 0.2) is 0 Å². The molecule has 0 amide bonds. The minimum Gasteiger partial charge on any atom is -0.368 e. The Morgan fingerprint density at radius 3 is 2.64 bits per heavy atom. The third kappa shape index (κ3) is 3.17. The number of nitrogens with zero attached hydrogens (tertiary/aromatic N) is 3. The molecule has 0 bridgehead atoms. The van der Waals surface area contributed by atoms with Crippen LogP contribution in [0.5, 0.6) is 0 Å². The van der Waals surface area contributed by atoms with E-state index in [4.69, 9.17) is 11.0 Å². The van der Waals surface area contributed by atoms with Crippen molar-refractivity contribution in [3.8, 4) is 6.07 Å². The van der Waals surface area contributed by atoms with Crippen LogP contribution in [0.3, 0.4) is 0 Å². The van der Waals surface area contributed by atoms with Crippen LogP contribution in [0.2, 0.25) is 0 Å². The monoisotopic (exact) mass is 194 g/mol. The van der Waals surface area contributed by atoms with Crippen LogP contribution < -0.4 is 5.73 Å². The van der Waals surface area contributed by atoms with Crippen molar-refractivity contribution in [1.29, 1.82) is 5.26 Å². The molecule has 0 aliphatic carbocycles. The van der Waals surface area contributed by atoms with E-state index in [1.807, 2.05) is 20.8 Å². The minimum atomic E-state index is -0.342. The van der Waals surface area contributed by atoms with Crippen molar-refractivity contribution in [2.45, 2.75) is 27.2 Å². The lowest BCUT2D eigenvalue weighted by atomic mass is 9.77. The lowest BCUT2D eigenvalue weighted by Gasteiger charge is -2.25. The quantitative estimate of drug-likeness (QED) is 0.545. The summed E-state index contributed by atoms with van der Waals surface area (Å²) in [5, 5.41) is 9.01. The second-order valence-corrected chi connectivity index (χ2v) is 3.64. The fourth-order valence-corrected chi connectivity index (χ4v) is 1.02. The molecule has 4 nitrogen and oxygen atoms in total. The average molecular weight is 194 g/mol. The Morgan fingerprint density at radius 2 is 2.29 bits per heavy atom. The molecule has 0 saturated carbocycles. The van der Waals surface area contributed by atoms with E-state index in [0.29, 0.717) is 6.54 Å². The van der Waals surface area contributed by atoms with Gasteiger partial charge in [-0.05, 0) is 26.0 Å². The highest BCUT2D eigenvalue weighted by atomic mass is 15.0. The van der Waals surface area contributed by atoms with Gasteiger partial charge >= 0.3 is 0 Å². The summed E-state index contributed by atoms with van der Waals surface area (Å²) in [6, 6.07) is 2.31. The molecule has 0 radical (unpaired) electrons. The molecular formula is C10H18N4. The number of hydrogen-bond acceptors (Lipinski definition) is 2. The number of hydrogen-bond donors (Lipinski definition) is 1. The highest BCUT2D eigenvalue weighted by Gasteiger charge is 2.28. The van der Waals surface area contributed by atoms with E-state index in [0.717, 1.165) is 6.42 Å². The Bertz CT molecular complexity index is 264. The van der Waals surface area contributed by atoms with Crippen LogP contribution in [0.25, 0.3) is 0 Å². The van der Waals surface area contributed by atoms with Gasteiger partial charge in [0.25, 0.3) is 0 Å². The van der Waals surface area contributed by atoms with Crippen LogP contribution in [-0.4, -0.2) is 19.2 Å². The first kappa shape index (κ1) is 12.6. The van der Waals surface area contributed by atoms with Crippen molar-refractivity contribution in [2.75, 3.05) is 6.54 Å². The Kier molecular flexibility index (Phi) is 4.85. The first-order valence-electron chi connectivity index (χ1n) is 4.68. The maximum Gasteiger partial charge on any atom is 0.214 e. The average Bonchev–Trinajstić information content (AvgIpc) is 2.23. The molecule has 2 unspecified atom stereocenters. The van der Waals surface area contributed by atoms with Gasteiger partial charge in [-0.25, -0.2) is 4.99 Å². The largest absolute Gasteiger partial charge is 0.368 e. The van der Waals surface area contributed by atoms with Gasteiger partial charge in [0.2, 0.25) is 5.96 Å². The van der Waals surface area contributed by atoms with Crippen molar-refractivity contribution in [3.63, 3.8) is 0 Å². The molecule has 0 fully saturated rings. The predicted molar refractivity (Wildman–Crippen MR) is 59.2 cm³/mol. The zero-order valence-electron chi connectivity index (χ0n) is 9.12. The molecule has 0 saturated heterocycles. The third-order valence-corrected chi connectivity index (χ3v) is 2.77. The van der Waals surface area contributed by atoms with Gasteiger partial charge < -0.3 is 5.73 Å². The first-order chi connectivity index (χ1) is 6.50. The minimum absolute atomic E-state index is 0.165. The zero-order valence-corrected chi connectivity index (χ0v) is 9.12. The van der Waals surface area contributed by atoms with Gasteiger partial charge in [-0.15, -0.1) is 0 Å². The molecule has 78 valence electrons. The molecule has 4 heteroatoms. The van der Waals surface area contributed by atoms with Crippen molar-refractivity contribution in [3.05, 3.63) is 0 Å². The maximum absolute atomic E-state index is 9.01. The van der Waals surface area contributed by atoms with E-state index in [1.165, 1.54) is 0 Å². The molecule has 0 aromatic carbocycles. The van der Waals surface area contributed by atoms with E-state index in [-0.39, 0.29) is 17.3 Å². The van der Waals surface area contributed by atoms with E-state index < -0.39 is 0 Å². The van der Waals surface area contributed by atoms with Crippen molar-refractivity contribution < 1.29 is 0 Å². The summed E-state index contributed by atoms with van der Waals surface area (Å²) in [7, 11) is 0. The number of nitrogens with two attached hydrogens (primary N) is 1. The van der Waals surface area contributed by atoms with E-state index in [1.54, 1.807) is 0 Å². The summed E-state index contributed by atoms with van der Waals surface area (Å²) in [4.78, 5) is 7.51. The van der Waals surface area contributed by atoms with E-state index in [2.05, 4.69) is 22.8 Å². The van der Waals surface area contributed by atoms with Gasteiger partial charge in [0.1, 0.15) is 0 Å². The van der Waals surface area contributed by atoms with Gasteiger partial charge in [-0.1, -0.05) is 13.8 Å². The van der Waals surface area contributed by atoms with Gasteiger partial charge in [0, 0.05) is 6.54 Å². The fourth-order valence-electron chi connectivity index (χ4n) is 1.02. The van der Waals surface area contributed by atoms with Gasteiger partial charge in [-0.2, -0.15) is 5.26 Å². The molecule has 0 aliphatic heterocycles. The number of aliphatic imine (C=N–C) groups is 2. The third-order valence-electron chi connectivity index (χ3n) is 2.77. The van der Waals surface area contributed by atoms with Crippen LogP contribution in [-0.2, 0) is 0 Å². The smallest absolute Gasteiger partial charge is 0.214 e. The van der Waals surface area contributed by atoms with Crippen molar-refractivity contribution >= 4 is 12.7 Å².